The molecule has 0 heterocycles. The molecule has 1 aromatic carbocycles. The van der Waals surface area contributed by atoms with E-state index in [4.69, 9.17) is 14.8 Å². The first-order valence-electron chi connectivity index (χ1n) is 2.91. The third-order valence-corrected chi connectivity index (χ3v) is 2.17. The van der Waals surface area contributed by atoms with Gasteiger partial charge in [0.2, 0.25) is 0 Å². The largest absolute Gasteiger partial charge is 2.00 e. The van der Waals surface area contributed by atoms with Crippen LogP contribution in [-0.2, 0) is 10.1 Å². The van der Waals surface area contributed by atoms with E-state index >= 15 is 0 Å². The molecule has 1 aromatic rings. The van der Waals surface area contributed by atoms with Crippen LogP contribution in [0.4, 0.5) is 0 Å². The summed E-state index contributed by atoms with van der Waals surface area (Å²) in [4.78, 5) is -0.870. The van der Waals surface area contributed by atoms with Gasteiger partial charge in [-0.15, -0.1) is 0 Å². The van der Waals surface area contributed by atoms with Crippen LogP contribution in [0, 0.1) is 0 Å². The Hall–Kier alpha value is -0.0103. The molecule has 5 nitrogen and oxygen atoms in total. The summed E-state index contributed by atoms with van der Waals surface area (Å²) in [6.45, 7) is 0. The second-order valence-corrected chi connectivity index (χ2v) is 3.46. The molecule has 0 amide bonds. The Balaban J connectivity index is -0.000000480. The van der Waals surface area contributed by atoms with E-state index in [9.17, 15) is 8.42 Å². The normalized spacial score (nSPS) is 10.5. The van der Waals surface area contributed by atoms with Gasteiger partial charge in [0, 0.05) is 0 Å². The monoisotopic (exact) mass is 232 g/mol. The fourth-order valence-corrected chi connectivity index (χ4v) is 1.44. The zero-order valence-corrected chi connectivity index (χ0v) is 9.53. The Morgan fingerprint density at radius 2 is 1.54 bits per heavy atom. The van der Waals surface area contributed by atoms with Gasteiger partial charge >= 0.3 is 47.9 Å². The van der Waals surface area contributed by atoms with E-state index < -0.39 is 26.5 Å². The van der Waals surface area contributed by atoms with Crippen LogP contribution in [-0.4, -0.2) is 60.9 Å². The molecule has 13 heavy (non-hydrogen) atoms. The van der Waals surface area contributed by atoms with Crippen molar-refractivity contribution in [2.45, 2.75) is 4.90 Å². The number of phenolic OH excluding ortho intramolecular Hbond substituents is 2. The standard InChI is InChI=1S/C6H6O5S.Ca.2H/c7-4-2-1-3-5(8)6(4)12(9,10)11;;;/h1-3,7-8H,(H,9,10,11);;;/q;+2;2*-1. The van der Waals surface area contributed by atoms with Crippen molar-refractivity contribution in [1.82, 2.24) is 0 Å². The van der Waals surface area contributed by atoms with Crippen LogP contribution in [0.2, 0.25) is 0 Å². The van der Waals surface area contributed by atoms with E-state index in [0.29, 0.717) is 0 Å². The number of benzene rings is 1. The molecule has 0 bridgehead atoms. The second-order valence-electron chi connectivity index (χ2n) is 2.10. The van der Waals surface area contributed by atoms with Gasteiger partial charge in [0.05, 0.1) is 0 Å². The Morgan fingerprint density at radius 1 is 1.15 bits per heavy atom. The summed E-state index contributed by atoms with van der Waals surface area (Å²) >= 11 is 0. The van der Waals surface area contributed by atoms with Gasteiger partial charge in [0.25, 0.3) is 0 Å². The maximum absolute atomic E-state index is 10.5. The summed E-state index contributed by atoms with van der Waals surface area (Å²) in [6.07, 6.45) is 0. The molecule has 70 valence electrons. The fourth-order valence-electron chi connectivity index (χ4n) is 0.777. The average Bonchev–Trinajstić information content (AvgIpc) is 1.82. The molecule has 0 radical (unpaired) electrons. The van der Waals surface area contributed by atoms with E-state index in [1.807, 2.05) is 0 Å². The minimum Gasteiger partial charge on any atom is -1.00 e. The van der Waals surface area contributed by atoms with Crippen molar-refractivity contribution in [2.24, 2.45) is 0 Å². The van der Waals surface area contributed by atoms with Gasteiger partial charge in [-0.05, 0) is 12.1 Å². The van der Waals surface area contributed by atoms with Crippen LogP contribution < -0.4 is 0 Å². The molecule has 0 saturated carbocycles. The SMILES string of the molecule is O=S(=O)(O)c1c(O)cccc1O.[Ca+2].[H-].[H-]. The molecule has 0 aromatic heterocycles. The van der Waals surface area contributed by atoms with E-state index in [0.717, 1.165) is 12.1 Å². The van der Waals surface area contributed by atoms with Crippen LogP contribution in [0.1, 0.15) is 2.85 Å². The van der Waals surface area contributed by atoms with Crippen LogP contribution >= 0.6 is 0 Å². The van der Waals surface area contributed by atoms with Crippen LogP contribution in [0.15, 0.2) is 23.1 Å². The summed E-state index contributed by atoms with van der Waals surface area (Å²) in [6, 6.07) is 3.34. The zero-order valence-electron chi connectivity index (χ0n) is 8.51. The first-order chi connectivity index (χ1) is 5.43. The van der Waals surface area contributed by atoms with E-state index in [2.05, 4.69) is 0 Å². The molecule has 0 aliphatic heterocycles. The third-order valence-electron chi connectivity index (χ3n) is 1.23. The number of hydrogen-bond donors (Lipinski definition) is 3. The van der Waals surface area contributed by atoms with E-state index in [-0.39, 0.29) is 40.6 Å². The zero-order chi connectivity index (χ0) is 9.35. The number of aromatic hydroxyl groups is 2. The Labute approximate surface area is 108 Å². The smallest absolute Gasteiger partial charge is 1.00 e. The second kappa shape index (κ2) is 4.47. The quantitative estimate of drug-likeness (QED) is 0.474. The Morgan fingerprint density at radius 3 is 1.77 bits per heavy atom. The topological polar surface area (TPSA) is 94.8 Å². The molecule has 0 aliphatic rings. The molecule has 7 heteroatoms. The van der Waals surface area contributed by atoms with Gasteiger partial charge in [-0.2, -0.15) is 8.42 Å². The van der Waals surface area contributed by atoms with Crippen molar-refractivity contribution in [3.63, 3.8) is 0 Å². The third kappa shape index (κ3) is 2.99. The predicted octanol–water partition coefficient (Wildman–Crippen LogP) is 0.189. The summed E-state index contributed by atoms with van der Waals surface area (Å²) < 4.78 is 29.5. The molecule has 3 N–H and O–H groups in total. The molecule has 0 spiro atoms. The van der Waals surface area contributed by atoms with E-state index in [1.165, 1.54) is 6.07 Å². The maximum Gasteiger partial charge on any atom is 2.00 e. The van der Waals surface area contributed by atoms with Crippen molar-refractivity contribution in [1.29, 1.82) is 0 Å². The summed E-state index contributed by atoms with van der Waals surface area (Å²) in [7, 11) is -4.56. The van der Waals surface area contributed by atoms with Crippen LogP contribution in [0.3, 0.4) is 0 Å². The summed E-state index contributed by atoms with van der Waals surface area (Å²) in [5.41, 5.74) is 0. The van der Waals surface area contributed by atoms with Crippen molar-refractivity contribution in [3.05, 3.63) is 18.2 Å². The fraction of sp³-hybridized carbons (Fsp3) is 0. The molecule has 0 atom stereocenters. The molecule has 1 rings (SSSR count). The summed E-state index contributed by atoms with van der Waals surface area (Å²) in [5.74, 6) is -1.37. The number of phenols is 2. The Bertz CT molecular complexity index is 388. The molecule has 0 saturated heterocycles. The van der Waals surface area contributed by atoms with Gasteiger partial charge in [0.1, 0.15) is 11.5 Å². The van der Waals surface area contributed by atoms with E-state index in [1.54, 1.807) is 0 Å². The number of rotatable bonds is 1. The minimum atomic E-state index is -4.56. The van der Waals surface area contributed by atoms with Crippen molar-refractivity contribution in [2.75, 3.05) is 0 Å². The molecular weight excluding hydrogens is 224 g/mol. The van der Waals surface area contributed by atoms with Gasteiger partial charge in [-0.1, -0.05) is 6.07 Å². The van der Waals surface area contributed by atoms with Crippen LogP contribution in [0.25, 0.3) is 0 Å². The minimum absolute atomic E-state index is 0. The number of hydrogen-bond acceptors (Lipinski definition) is 4. The predicted molar refractivity (Wildman–Crippen MR) is 47.6 cm³/mol. The maximum atomic E-state index is 10.5. The van der Waals surface area contributed by atoms with Crippen LogP contribution in [0.5, 0.6) is 11.5 Å². The van der Waals surface area contributed by atoms with Crippen molar-refractivity contribution < 1.29 is 26.0 Å². The summed E-state index contributed by atoms with van der Waals surface area (Å²) in [5, 5.41) is 17.9. The van der Waals surface area contributed by atoms with Gasteiger partial charge in [-0.3, -0.25) is 4.55 Å². The van der Waals surface area contributed by atoms with Crippen molar-refractivity contribution in [3.8, 4) is 11.5 Å². The molecule has 0 fully saturated rings. The van der Waals surface area contributed by atoms with Gasteiger partial charge < -0.3 is 13.1 Å². The molecular formula is C6H8CaO5S. The van der Waals surface area contributed by atoms with Gasteiger partial charge in [-0.25, -0.2) is 0 Å². The molecule has 0 unspecified atom stereocenters. The Kier molecular flexibility index (Phi) is 4.47. The molecule has 0 aliphatic carbocycles. The first kappa shape index (κ1) is 13.0. The van der Waals surface area contributed by atoms with Gasteiger partial charge in [0.15, 0.2) is 4.90 Å². The van der Waals surface area contributed by atoms with Crippen molar-refractivity contribution >= 4 is 47.9 Å². The average molecular weight is 232 g/mol. The first-order valence-corrected chi connectivity index (χ1v) is 4.35.